The van der Waals surface area contributed by atoms with E-state index < -0.39 is 17.6 Å². The van der Waals surface area contributed by atoms with Crippen LogP contribution < -0.4 is 19.7 Å². The van der Waals surface area contributed by atoms with Crippen molar-refractivity contribution in [1.82, 2.24) is 10.2 Å². The molecular formula is C20H15FN4O5. The smallest absolute Gasteiger partial charge is 0.322 e. The Kier molecular flexibility index (Phi) is 4.31. The van der Waals surface area contributed by atoms with Crippen LogP contribution in [-0.4, -0.2) is 35.3 Å². The van der Waals surface area contributed by atoms with Crippen molar-refractivity contribution in [2.24, 2.45) is 5.92 Å². The van der Waals surface area contributed by atoms with Crippen molar-refractivity contribution >= 4 is 23.5 Å². The van der Waals surface area contributed by atoms with Gasteiger partial charge >= 0.3 is 6.01 Å². The lowest BCUT2D eigenvalue weighted by Gasteiger charge is -2.16. The van der Waals surface area contributed by atoms with Crippen LogP contribution in [0.2, 0.25) is 0 Å². The van der Waals surface area contributed by atoms with Crippen LogP contribution in [0, 0.1) is 11.7 Å². The average molecular weight is 410 g/mol. The number of hydrogen-bond acceptors (Lipinski definition) is 7. The maximum atomic E-state index is 13.1. The van der Waals surface area contributed by atoms with Gasteiger partial charge in [-0.15, -0.1) is 5.10 Å². The number of aromatic nitrogens is 2. The fourth-order valence-electron chi connectivity index (χ4n) is 3.38. The molecule has 5 rings (SSSR count). The van der Waals surface area contributed by atoms with Crippen molar-refractivity contribution in [3.05, 3.63) is 48.3 Å². The van der Waals surface area contributed by atoms with E-state index in [0.717, 1.165) is 0 Å². The van der Waals surface area contributed by atoms with Crippen LogP contribution in [0.25, 0.3) is 11.5 Å². The molecule has 0 spiro atoms. The normalized spacial score (nSPS) is 17.4. The molecule has 1 fully saturated rings. The zero-order chi connectivity index (χ0) is 20.7. The first-order chi connectivity index (χ1) is 14.6. The number of rotatable bonds is 4. The summed E-state index contributed by atoms with van der Waals surface area (Å²) in [4.78, 5) is 26.3. The molecule has 1 saturated heterocycles. The van der Waals surface area contributed by atoms with Gasteiger partial charge in [-0.25, -0.2) is 4.39 Å². The first-order valence-corrected chi connectivity index (χ1v) is 9.17. The standard InChI is InChI=1S/C20H15FN4O5/c21-13-2-4-14(5-3-13)25-9-12(8-17(25)26)18(27)22-20-24-23-19(30-20)11-1-6-15-16(7-11)29-10-28-15/h1-7,12H,8-10H2,(H,22,24,27). The number of anilines is 2. The summed E-state index contributed by atoms with van der Waals surface area (Å²) in [5.74, 6) is -0.205. The number of benzene rings is 2. The quantitative estimate of drug-likeness (QED) is 0.705. The van der Waals surface area contributed by atoms with Gasteiger partial charge in [-0.3, -0.25) is 14.9 Å². The molecule has 3 aromatic rings. The van der Waals surface area contributed by atoms with E-state index in [4.69, 9.17) is 13.9 Å². The van der Waals surface area contributed by atoms with Crippen molar-refractivity contribution in [2.45, 2.75) is 6.42 Å². The van der Waals surface area contributed by atoms with Gasteiger partial charge in [0.25, 0.3) is 0 Å². The molecule has 30 heavy (non-hydrogen) atoms. The Bertz CT molecular complexity index is 1130. The van der Waals surface area contributed by atoms with Crippen LogP contribution in [-0.2, 0) is 9.59 Å². The summed E-state index contributed by atoms with van der Waals surface area (Å²) in [5, 5.41) is 10.3. The summed E-state index contributed by atoms with van der Waals surface area (Å²) >= 11 is 0. The van der Waals surface area contributed by atoms with Gasteiger partial charge in [0, 0.05) is 24.2 Å². The van der Waals surface area contributed by atoms with Crippen molar-refractivity contribution in [3.8, 4) is 23.0 Å². The highest BCUT2D eigenvalue weighted by molar-refractivity contribution is 6.03. The predicted molar refractivity (Wildman–Crippen MR) is 101 cm³/mol. The van der Waals surface area contributed by atoms with E-state index in [-0.39, 0.29) is 37.6 Å². The monoisotopic (exact) mass is 410 g/mol. The van der Waals surface area contributed by atoms with Crippen molar-refractivity contribution in [3.63, 3.8) is 0 Å². The third kappa shape index (κ3) is 3.32. The Morgan fingerprint density at radius 3 is 2.73 bits per heavy atom. The molecule has 0 aliphatic carbocycles. The number of hydrogen-bond donors (Lipinski definition) is 1. The largest absolute Gasteiger partial charge is 0.454 e. The summed E-state index contributed by atoms with van der Waals surface area (Å²) < 4.78 is 29.2. The maximum Gasteiger partial charge on any atom is 0.322 e. The van der Waals surface area contributed by atoms with Crippen LogP contribution >= 0.6 is 0 Å². The van der Waals surface area contributed by atoms with Gasteiger partial charge in [0.2, 0.25) is 24.5 Å². The van der Waals surface area contributed by atoms with Crippen LogP contribution in [0.15, 0.2) is 46.9 Å². The van der Waals surface area contributed by atoms with Crippen molar-refractivity contribution < 1.29 is 27.9 Å². The van der Waals surface area contributed by atoms with Gasteiger partial charge in [0.15, 0.2) is 11.5 Å². The Hall–Kier alpha value is -3.95. The molecular weight excluding hydrogens is 395 g/mol. The fourth-order valence-corrected chi connectivity index (χ4v) is 3.38. The Morgan fingerprint density at radius 2 is 1.90 bits per heavy atom. The topological polar surface area (TPSA) is 107 Å². The van der Waals surface area contributed by atoms with Crippen LogP contribution in [0.4, 0.5) is 16.1 Å². The van der Waals surface area contributed by atoms with Crippen molar-refractivity contribution in [1.29, 1.82) is 0 Å². The van der Waals surface area contributed by atoms with Crippen molar-refractivity contribution in [2.75, 3.05) is 23.6 Å². The number of carbonyl (C=O) groups excluding carboxylic acids is 2. The molecule has 2 aliphatic rings. The number of fused-ring (bicyclic) bond motifs is 1. The van der Waals surface area contributed by atoms with Gasteiger partial charge in [0.05, 0.1) is 5.92 Å². The van der Waals surface area contributed by atoms with Crippen LogP contribution in [0.3, 0.4) is 0 Å². The van der Waals surface area contributed by atoms with Crippen LogP contribution in [0.5, 0.6) is 11.5 Å². The number of amides is 2. The molecule has 2 amide bonds. The minimum Gasteiger partial charge on any atom is -0.454 e. The average Bonchev–Trinajstić information content (AvgIpc) is 3.47. The summed E-state index contributed by atoms with van der Waals surface area (Å²) in [6, 6.07) is 10.7. The van der Waals surface area contributed by atoms with E-state index in [1.54, 1.807) is 18.2 Å². The molecule has 152 valence electrons. The third-order valence-corrected chi connectivity index (χ3v) is 4.91. The molecule has 3 heterocycles. The van der Waals surface area contributed by atoms with Gasteiger partial charge in [-0.2, -0.15) is 0 Å². The molecule has 1 N–H and O–H groups in total. The number of nitrogens with one attached hydrogen (secondary N) is 1. The van der Waals surface area contributed by atoms with E-state index in [1.807, 2.05) is 0 Å². The second kappa shape index (κ2) is 7.14. The molecule has 0 radical (unpaired) electrons. The van der Waals surface area contributed by atoms with E-state index in [0.29, 0.717) is 22.7 Å². The van der Waals surface area contributed by atoms with E-state index in [1.165, 1.54) is 29.2 Å². The Balaban J connectivity index is 1.26. The number of carbonyl (C=O) groups is 2. The molecule has 0 bridgehead atoms. The minimum absolute atomic E-state index is 0.0341. The third-order valence-electron chi connectivity index (χ3n) is 4.91. The van der Waals surface area contributed by atoms with E-state index >= 15 is 0 Å². The summed E-state index contributed by atoms with van der Waals surface area (Å²) in [6.45, 7) is 0.332. The first-order valence-electron chi connectivity index (χ1n) is 9.17. The highest BCUT2D eigenvalue weighted by atomic mass is 19.1. The SMILES string of the molecule is O=C(Nc1nnc(-c2ccc3c(c2)OCO3)o1)C1CC(=O)N(c2ccc(F)cc2)C1. The summed E-state index contributed by atoms with van der Waals surface area (Å²) in [5.41, 5.74) is 1.16. The van der Waals surface area contributed by atoms with Gasteiger partial charge < -0.3 is 18.8 Å². The van der Waals surface area contributed by atoms with Crippen LogP contribution in [0.1, 0.15) is 6.42 Å². The fraction of sp³-hybridized carbons (Fsp3) is 0.200. The highest BCUT2D eigenvalue weighted by Gasteiger charge is 2.35. The second-order valence-corrected chi connectivity index (χ2v) is 6.85. The summed E-state index contributed by atoms with van der Waals surface area (Å²) in [6.07, 6.45) is 0.0341. The minimum atomic E-state index is -0.594. The van der Waals surface area contributed by atoms with Gasteiger partial charge in [-0.05, 0) is 42.5 Å². The molecule has 2 aliphatic heterocycles. The van der Waals surface area contributed by atoms with E-state index in [2.05, 4.69) is 15.5 Å². The zero-order valence-electron chi connectivity index (χ0n) is 15.5. The molecule has 2 aromatic carbocycles. The predicted octanol–water partition coefficient (Wildman–Crippen LogP) is 2.60. The van der Waals surface area contributed by atoms with Gasteiger partial charge in [0.1, 0.15) is 5.82 Å². The molecule has 1 aromatic heterocycles. The maximum absolute atomic E-state index is 13.1. The molecule has 9 nitrogen and oxygen atoms in total. The highest BCUT2D eigenvalue weighted by Crippen LogP contribution is 2.35. The molecule has 1 unspecified atom stereocenters. The van der Waals surface area contributed by atoms with E-state index in [9.17, 15) is 14.0 Å². The first kappa shape index (κ1) is 18.1. The second-order valence-electron chi connectivity index (χ2n) is 6.85. The lowest BCUT2D eigenvalue weighted by atomic mass is 10.1. The summed E-state index contributed by atoms with van der Waals surface area (Å²) in [7, 11) is 0. The van der Waals surface area contributed by atoms with Gasteiger partial charge in [-0.1, -0.05) is 5.10 Å². The molecule has 1 atom stereocenters. The molecule has 0 saturated carbocycles. The number of ether oxygens (including phenoxy) is 2. The Morgan fingerprint density at radius 1 is 1.10 bits per heavy atom. The lowest BCUT2D eigenvalue weighted by Crippen LogP contribution is -2.28. The Labute approximate surface area is 169 Å². The lowest BCUT2D eigenvalue weighted by molar-refractivity contribution is -0.122. The number of nitrogens with zero attached hydrogens (tertiary/aromatic N) is 3. The molecule has 10 heteroatoms. The zero-order valence-corrected chi connectivity index (χ0v) is 15.5. The number of halogens is 1.